The summed E-state index contributed by atoms with van der Waals surface area (Å²) in [6.45, 7) is 0.425. The molecule has 5 heteroatoms. The van der Waals surface area contributed by atoms with Gasteiger partial charge in [0.2, 0.25) is 0 Å². The Bertz CT molecular complexity index is 688. The second-order valence-electron chi connectivity index (χ2n) is 5.75. The van der Waals surface area contributed by atoms with Crippen molar-refractivity contribution in [2.75, 3.05) is 5.32 Å². The molecule has 2 aromatic rings. The smallest absolute Gasteiger partial charge is 0.320 e. The largest absolute Gasteiger partial charge is 0.480 e. The van der Waals surface area contributed by atoms with Crippen molar-refractivity contribution in [2.45, 2.75) is 31.5 Å². The summed E-state index contributed by atoms with van der Waals surface area (Å²) in [5.74, 6) is -1.01. The van der Waals surface area contributed by atoms with Crippen LogP contribution < -0.4 is 10.6 Å². The standard InChI is InChI=1S/C18H19FN2O2/c19-15-4-2-1-3-13(15)11-20-14-7-5-12(6-8-14)16-9-10-17(21-16)18(22)23/h1-8,16-17,20-21H,9-11H2,(H,22,23)/t16-,17+/m1/s1. The molecule has 0 amide bonds. The van der Waals surface area contributed by atoms with E-state index in [1.807, 2.05) is 30.3 Å². The van der Waals surface area contributed by atoms with E-state index < -0.39 is 12.0 Å². The van der Waals surface area contributed by atoms with Gasteiger partial charge in [0.05, 0.1) is 0 Å². The van der Waals surface area contributed by atoms with Gasteiger partial charge in [-0.1, -0.05) is 30.3 Å². The van der Waals surface area contributed by atoms with Crippen molar-refractivity contribution in [3.63, 3.8) is 0 Å². The van der Waals surface area contributed by atoms with E-state index in [0.29, 0.717) is 18.5 Å². The summed E-state index contributed by atoms with van der Waals surface area (Å²) in [5.41, 5.74) is 2.60. The number of rotatable bonds is 5. The van der Waals surface area contributed by atoms with Gasteiger partial charge in [0, 0.05) is 23.8 Å². The van der Waals surface area contributed by atoms with Crippen LogP contribution in [0.4, 0.5) is 10.1 Å². The summed E-state index contributed by atoms with van der Waals surface area (Å²) < 4.78 is 13.6. The quantitative estimate of drug-likeness (QED) is 0.792. The molecular formula is C18H19FN2O2. The topological polar surface area (TPSA) is 61.4 Å². The molecule has 1 saturated heterocycles. The molecular weight excluding hydrogens is 295 g/mol. The predicted octanol–water partition coefficient (Wildman–Crippen LogP) is 3.32. The minimum Gasteiger partial charge on any atom is -0.480 e. The van der Waals surface area contributed by atoms with E-state index in [-0.39, 0.29) is 11.9 Å². The molecule has 2 aromatic carbocycles. The van der Waals surface area contributed by atoms with E-state index in [9.17, 15) is 9.18 Å². The van der Waals surface area contributed by atoms with Crippen LogP contribution in [0.2, 0.25) is 0 Å². The van der Waals surface area contributed by atoms with Crippen LogP contribution in [0.25, 0.3) is 0 Å². The molecule has 3 N–H and O–H groups in total. The van der Waals surface area contributed by atoms with Gasteiger partial charge in [-0.2, -0.15) is 0 Å². The molecule has 23 heavy (non-hydrogen) atoms. The van der Waals surface area contributed by atoms with Gasteiger partial charge in [-0.3, -0.25) is 10.1 Å². The Hall–Kier alpha value is -2.40. The van der Waals surface area contributed by atoms with E-state index >= 15 is 0 Å². The lowest BCUT2D eigenvalue weighted by molar-refractivity contribution is -0.139. The number of hydrogen-bond donors (Lipinski definition) is 3. The van der Waals surface area contributed by atoms with E-state index in [4.69, 9.17) is 5.11 Å². The van der Waals surface area contributed by atoms with Crippen LogP contribution in [0.5, 0.6) is 0 Å². The molecule has 1 aliphatic rings. The zero-order chi connectivity index (χ0) is 16.2. The van der Waals surface area contributed by atoms with Crippen molar-refractivity contribution in [2.24, 2.45) is 0 Å². The zero-order valence-electron chi connectivity index (χ0n) is 12.6. The van der Waals surface area contributed by atoms with Gasteiger partial charge < -0.3 is 10.4 Å². The molecule has 0 unspecified atom stereocenters. The highest BCUT2D eigenvalue weighted by Crippen LogP contribution is 2.27. The first-order valence-electron chi connectivity index (χ1n) is 7.69. The molecule has 2 atom stereocenters. The monoisotopic (exact) mass is 314 g/mol. The molecule has 0 aromatic heterocycles. The third kappa shape index (κ3) is 3.68. The van der Waals surface area contributed by atoms with Crippen molar-refractivity contribution in [3.8, 4) is 0 Å². The number of nitrogens with one attached hydrogen (secondary N) is 2. The average molecular weight is 314 g/mol. The molecule has 1 aliphatic heterocycles. The van der Waals surface area contributed by atoms with Crippen LogP contribution in [0, 0.1) is 5.82 Å². The van der Waals surface area contributed by atoms with Gasteiger partial charge in [0.1, 0.15) is 11.9 Å². The first-order chi connectivity index (χ1) is 11.1. The van der Waals surface area contributed by atoms with Crippen molar-refractivity contribution >= 4 is 11.7 Å². The number of anilines is 1. The fourth-order valence-electron chi connectivity index (χ4n) is 2.87. The lowest BCUT2D eigenvalue weighted by Gasteiger charge is -2.13. The molecule has 0 spiro atoms. The summed E-state index contributed by atoms with van der Waals surface area (Å²) in [7, 11) is 0. The number of hydrogen-bond acceptors (Lipinski definition) is 3. The molecule has 1 heterocycles. The van der Waals surface area contributed by atoms with Crippen LogP contribution >= 0.6 is 0 Å². The first kappa shape index (κ1) is 15.5. The molecule has 1 fully saturated rings. The van der Waals surface area contributed by atoms with Gasteiger partial charge in [0.25, 0.3) is 0 Å². The van der Waals surface area contributed by atoms with Gasteiger partial charge in [-0.25, -0.2) is 4.39 Å². The summed E-state index contributed by atoms with van der Waals surface area (Å²) in [5, 5.41) is 15.3. The van der Waals surface area contributed by atoms with Crippen LogP contribution in [-0.2, 0) is 11.3 Å². The lowest BCUT2D eigenvalue weighted by Crippen LogP contribution is -2.31. The van der Waals surface area contributed by atoms with E-state index in [1.54, 1.807) is 12.1 Å². The maximum atomic E-state index is 13.6. The van der Waals surface area contributed by atoms with Gasteiger partial charge in [-0.05, 0) is 36.6 Å². The summed E-state index contributed by atoms with van der Waals surface area (Å²) >= 11 is 0. The molecule has 0 aliphatic carbocycles. The summed E-state index contributed by atoms with van der Waals surface area (Å²) in [6.07, 6.45) is 1.46. The average Bonchev–Trinajstić information content (AvgIpc) is 3.05. The second kappa shape index (κ2) is 6.79. The second-order valence-corrected chi connectivity index (χ2v) is 5.75. The van der Waals surface area contributed by atoms with E-state index in [1.165, 1.54) is 6.07 Å². The molecule has 0 saturated carbocycles. The van der Waals surface area contributed by atoms with Crippen molar-refractivity contribution in [1.82, 2.24) is 5.32 Å². The highest BCUT2D eigenvalue weighted by atomic mass is 19.1. The minimum absolute atomic E-state index is 0.0803. The molecule has 3 rings (SSSR count). The third-order valence-corrected chi connectivity index (χ3v) is 4.20. The maximum absolute atomic E-state index is 13.6. The number of halogens is 1. The number of aliphatic carboxylic acids is 1. The Balaban J connectivity index is 1.59. The third-order valence-electron chi connectivity index (χ3n) is 4.20. The van der Waals surface area contributed by atoms with Crippen LogP contribution in [0.1, 0.15) is 30.0 Å². The van der Waals surface area contributed by atoms with Gasteiger partial charge >= 0.3 is 5.97 Å². The van der Waals surface area contributed by atoms with Crippen LogP contribution in [0.15, 0.2) is 48.5 Å². The maximum Gasteiger partial charge on any atom is 0.320 e. The number of benzene rings is 2. The molecule has 0 bridgehead atoms. The number of carbonyl (C=O) groups is 1. The van der Waals surface area contributed by atoms with E-state index in [2.05, 4.69) is 10.6 Å². The Morgan fingerprint density at radius 3 is 2.57 bits per heavy atom. The van der Waals surface area contributed by atoms with Crippen molar-refractivity contribution in [3.05, 3.63) is 65.5 Å². The highest BCUT2D eigenvalue weighted by Gasteiger charge is 2.29. The molecule has 4 nitrogen and oxygen atoms in total. The fourth-order valence-corrected chi connectivity index (χ4v) is 2.87. The van der Waals surface area contributed by atoms with E-state index in [0.717, 1.165) is 17.7 Å². The Kier molecular flexibility index (Phi) is 4.57. The number of carboxylic acids is 1. The Labute approximate surface area is 134 Å². The molecule has 120 valence electrons. The Morgan fingerprint density at radius 1 is 1.17 bits per heavy atom. The molecule has 0 radical (unpaired) electrons. The summed E-state index contributed by atoms with van der Waals surface area (Å²) in [6, 6.07) is 14.1. The minimum atomic E-state index is -0.796. The fraction of sp³-hybridized carbons (Fsp3) is 0.278. The van der Waals surface area contributed by atoms with Gasteiger partial charge in [-0.15, -0.1) is 0 Å². The highest BCUT2D eigenvalue weighted by molar-refractivity contribution is 5.74. The Morgan fingerprint density at radius 2 is 1.91 bits per heavy atom. The predicted molar refractivity (Wildman–Crippen MR) is 86.7 cm³/mol. The van der Waals surface area contributed by atoms with Gasteiger partial charge in [0.15, 0.2) is 0 Å². The van der Waals surface area contributed by atoms with Crippen LogP contribution in [0.3, 0.4) is 0 Å². The SMILES string of the molecule is O=C(O)[C@@H]1CC[C@H](c2ccc(NCc3ccccc3F)cc2)N1. The van der Waals surface area contributed by atoms with Crippen LogP contribution in [-0.4, -0.2) is 17.1 Å². The zero-order valence-corrected chi connectivity index (χ0v) is 12.6. The normalized spacial score (nSPS) is 20.4. The lowest BCUT2D eigenvalue weighted by atomic mass is 10.0. The number of carboxylic acid groups (broad SMARTS) is 1. The van der Waals surface area contributed by atoms with Crippen molar-refractivity contribution in [1.29, 1.82) is 0 Å². The first-order valence-corrected chi connectivity index (χ1v) is 7.69. The van der Waals surface area contributed by atoms with Crippen molar-refractivity contribution < 1.29 is 14.3 Å². The summed E-state index contributed by atoms with van der Waals surface area (Å²) in [4.78, 5) is 11.0.